The lowest BCUT2D eigenvalue weighted by Gasteiger charge is -2.34. The van der Waals surface area contributed by atoms with Crippen LogP contribution in [0.3, 0.4) is 0 Å². The number of rotatable bonds is 8. The molecular formula is C22H33N3O3. The van der Waals surface area contributed by atoms with Gasteiger partial charge in [0.1, 0.15) is 0 Å². The van der Waals surface area contributed by atoms with Crippen molar-refractivity contribution in [2.24, 2.45) is 11.8 Å². The molecule has 0 spiro atoms. The fraction of sp³-hybridized carbons (Fsp3) is 0.636. The molecule has 2 amide bonds. The second kappa shape index (κ2) is 10.6. The highest BCUT2D eigenvalue weighted by Crippen LogP contribution is 2.20. The number of amides is 2. The molecule has 0 unspecified atom stereocenters. The van der Waals surface area contributed by atoms with Gasteiger partial charge in [0.05, 0.1) is 12.5 Å². The zero-order valence-electron chi connectivity index (χ0n) is 16.9. The molecule has 0 saturated carbocycles. The molecular weight excluding hydrogens is 354 g/mol. The topological polar surface area (TPSA) is 61.9 Å². The molecule has 28 heavy (non-hydrogen) atoms. The minimum atomic E-state index is -0.0901. The molecule has 0 aliphatic carbocycles. The average molecular weight is 388 g/mol. The van der Waals surface area contributed by atoms with Crippen molar-refractivity contribution in [3.63, 3.8) is 0 Å². The maximum Gasteiger partial charge on any atom is 0.224 e. The Balaban J connectivity index is 1.36. The first-order valence-electron chi connectivity index (χ1n) is 10.5. The quantitative estimate of drug-likeness (QED) is 0.740. The van der Waals surface area contributed by atoms with Crippen LogP contribution in [0.15, 0.2) is 30.3 Å². The molecule has 2 fully saturated rings. The Morgan fingerprint density at radius 1 is 1.18 bits per heavy atom. The molecule has 6 heteroatoms. The van der Waals surface area contributed by atoms with E-state index in [4.69, 9.17) is 4.74 Å². The molecule has 1 aromatic carbocycles. The number of hydrogen-bond acceptors (Lipinski definition) is 4. The van der Waals surface area contributed by atoms with Gasteiger partial charge in [-0.25, -0.2) is 0 Å². The van der Waals surface area contributed by atoms with Crippen LogP contribution in [0.4, 0.5) is 0 Å². The smallest absolute Gasteiger partial charge is 0.224 e. The summed E-state index contributed by atoms with van der Waals surface area (Å²) < 4.78 is 5.06. The Kier molecular flexibility index (Phi) is 7.86. The van der Waals surface area contributed by atoms with Crippen molar-refractivity contribution in [1.82, 2.24) is 15.1 Å². The van der Waals surface area contributed by atoms with E-state index in [1.54, 1.807) is 12.0 Å². The van der Waals surface area contributed by atoms with Crippen LogP contribution in [0.1, 0.15) is 31.2 Å². The molecule has 1 aromatic rings. The van der Waals surface area contributed by atoms with Crippen LogP contribution >= 0.6 is 0 Å². The minimum absolute atomic E-state index is 0.0901. The van der Waals surface area contributed by atoms with Crippen molar-refractivity contribution in [2.75, 3.05) is 46.4 Å². The van der Waals surface area contributed by atoms with Crippen LogP contribution in [0.2, 0.25) is 0 Å². The molecule has 2 aliphatic rings. The van der Waals surface area contributed by atoms with Gasteiger partial charge in [-0.05, 0) is 43.8 Å². The summed E-state index contributed by atoms with van der Waals surface area (Å²) in [5, 5.41) is 3.15. The van der Waals surface area contributed by atoms with Gasteiger partial charge >= 0.3 is 0 Å². The Labute approximate surface area is 168 Å². The fourth-order valence-electron chi connectivity index (χ4n) is 4.13. The van der Waals surface area contributed by atoms with Gasteiger partial charge in [-0.3, -0.25) is 14.5 Å². The predicted molar refractivity (Wildman–Crippen MR) is 109 cm³/mol. The van der Waals surface area contributed by atoms with E-state index >= 15 is 0 Å². The highest BCUT2D eigenvalue weighted by atomic mass is 16.5. The summed E-state index contributed by atoms with van der Waals surface area (Å²) in [6.45, 7) is 5.52. The van der Waals surface area contributed by atoms with Gasteiger partial charge in [-0.2, -0.15) is 0 Å². The molecule has 1 atom stereocenters. The van der Waals surface area contributed by atoms with Gasteiger partial charge in [0.2, 0.25) is 11.8 Å². The maximum atomic E-state index is 12.6. The number of likely N-dealkylation sites (tertiary alicyclic amines) is 2. The number of carbonyl (C=O) groups is 2. The average Bonchev–Trinajstić information content (AvgIpc) is 2.73. The van der Waals surface area contributed by atoms with Crippen LogP contribution < -0.4 is 5.32 Å². The van der Waals surface area contributed by atoms with Crippen LogP contribution in [0.5, 0.6) is 0 Å². The van der Waals surface area contributed by atoms with Gasteiger partial charge in [0.15, 0.2) is 0 Å². The number of ether oxygens (including phenoxy) is 1. The number of hydrogen-bond donors (Lipinski definition) is 1. The zero-order chi connectivity index (χ0) is 19.8. The molecule has 2 saturated heterocycles. The lowest BCUT2D eigenvalue weighted by Crippen LogP contribution is -2.47. The molecule has 0 bridgehead atoms. The van der Waals surface area contributed by atoms with Gasteiger partial charge in [-0.1, -0.05) is 30.3 Å². The lowest BCUT2D eigenvalue weighted by atomic mass is 9.94. The second-order valence-corrected chi connectivity index (χ2v) is 8.02. The van der Waals surface area contributed by atoms with E-state index in [9.17, 15) is 9.59 Å². The Morgan fingerprint density at radius 3 is 2.64 bits per heavy atom. The first kappa shape index (κ1) is 20.8. The van der Waals surface area contributed by atoms with Gasteiger partial charge < -0.3 is 15.0 Å². The van der Waals surface area contributed by atoms with Gasteiger partial charge in [-0.15, -0.1) is 0 Å². The number of nitrogens with zero attached hydrogens (tertiary/aromatic N) is 2. The number of carbonyl (C=O) groups excluding carboxylic acids is 2. The Morgan fingerprint density at radius 2 is 1.93 bits per heavy atom. The van der Waals surface area contributed by atoms with E-state index in [0.717, 1.165) is 39.0 Å². The summed E-state index contributed by atoms with van der Waals surface area (Å²) >= 11 is 0. The third kappa shape index (κ3) is 6.04. The van der Waals surface area contributed by atoms with E-state index in [-0.39, 0.29) is 17.7 Å². The number of piperidine rings is 2. The lowest BCUT2D eigenvalue weighted by molar-refractivity contribution is -0.139. The number of benzene rings is 1. The monoisotopic (exact) mass is 387 g/mol. The summed E-state index contributed by atoms with van der Waals surface area (Å²) in [4.78, 5) is 28.8. The standard InChI is InChI=1S/C22H33N3O3/c1-28-14-13-25-17-20(7-8-21(25)26)22(27)23-15-18-9-11-24(12-10-18)16-19-5-3-2-4-6-19/h2-6,18,20H,7-17H2,1H3,(H,23,27)/t20-/m1/s1. The highest BCUT2D eigenvalue weighted by molar-refractivity contribution is 5.83. The van der Waals surface area contributed by atoms with Crippen molar-refractivity contribution in [3.8, 4) is 0 Å². The number of methoxy groups -OCH3 is 1. The third-order valence-electron chi connectivity index (χ3n) is 5.96. The molecule has 0 radical (unpaired) electrons. The first-order valence-corrected chi connectivity index (χ1v) is 10.5. The van der Waals surface area contributed by atoms with E-state index in [0.29, 0.717) is 38.5 Å². The Bertz CT molecular complexity index is 629. The van der Waals surface area contributed by atoms with Crippen LogP contribution in [0.25, 0.3) is 0 Å². The van der Waals surface area contributed by atoms with E-state index < -0.39 is 0 Å². The van der Waals surface area contributed by atoms with E-state index in [1.165, 1.54) is 5.56 Å². The van der Waals surface area contributed by atoms with E-state index in [2.05, 4.69) is 40.5 Å². The van der Waals surface area contributed by atoms with Crippen LogP contribution in [-0.4, -0.2) is 68.1 Å². The zero-order valence-corrected chi connectivity index (χ0v) is 16.9. The van der Waals surface area contributed by atoms with Crippen molar-refractivity contribution >= 4 is 11.8 Å². The largest absolute Gasteiger partial charge is 0.383 e. The van der Waals surface area contributed by atoms with Crippen molar-refractivity contribution in [2.45, 2.75) is 32.2 Å². The molecule has 2 heterocycles. The summed E-state index contributed by atoms with van der Waals surface area (Å²) in [6, 6.07) is 10.6. The van der Waals surface area contributed by atoms with Crippen LogP contribution in [0, 0.1) is 11.8 Å². The number of nitrogens with one attached hydrogen (secondary N) is 1. The molecule has 1 N–H and O–H groups in total. The van der Waals surface area contributed by atoms with Gasteiger partial charge in [0.25, 0.3) is 0 Å². The van der Waals surface area contributed by atoms with Crippen molar-refractivity contribution in [1.29, 1.82) is 0 Å². The molecule has 0 aromatic heterocycles. The summed E-state index contributed by atoms with van der Waals surface area (Å²) in [5.41, 5.74) is 1.36. The van der Waals surface area contributed by atoms with Crippen molar-refractivity contribution in [3.05, 3.63) is 35.9 Å². The molecule has 2 aliphatic heterocycles. The van der Waals surface area contributed by atoms with Crippen molar-refractivity contribution < 1.29 is 14.3 Å². The summed E-state index contributed by atoms with van der Waals surface area (Å²) in [5.74, 6) is 0.687. The van der Waals surface area contributed by atoms with Gasteiger partial charge in [0, 0.05) is 39.7 Å². The minimum Gasteiger partial charge on any atom is -0.383 e. The Hall–Kier alpha value is -1.92. The highest BCUT2D eigenvalue weighted by Gasteiger charge is 2.30. The SMILES string of the molecule is COCCN1C[C@H](C(=O)NCC2CCN(Cc3ccccc3)CC2)CCC1=O. The third-order valence-corrected chi connectivity index (χ3v) is 5.96. The summed E-state index contributed by atoms with van der Waals surface area (Å²) in [6.07, 6.45) is 3.36. The molecule has 6 nitrogen and oxygen atoms in total. The maximum absolute atomic E-state index is 12.6. The fourth-order valence-corrected chi connectivity index (χ4v) is 4.13. The second-order valence-electron chi connectivity index (χ2n) is 8.02. The van der Waals surface area contributed by atoms with E-state index in [1.807, 2.05) is 0 Å². The summed E-state index contributed by atoms with van der Waals surface area (Å²) in [7, 11) is 1.63. The molecule has 3 rings (SSSR count). The first-order chi connectivity index (χ1) is 13.7. The molecule has 154 valence electrons. The van der Waals surface area contributed by atoms with Crippen LogP contribution in [-0.2, 0) is 20.9 Å². The predicted octanol–water partition coefficient (Wildman–Crippen LogP) is 1.90. The normalized spacial score (nSPS) is 21.7.